The van der Waals surface area contributed by atoms with Gasteiger partial charge in [0.1, 0.15) is 29.1 Å². The zero-order valence-electron chi connectivity index (χ0n) is 16.2. The molecule has 0 bridgehead atoms. The Hall–Kier alpha value is -3.01. The van der Waals surface area contributed by atoms with Crippen LogP contribution in [0.25, 0.3) is 21.7 Å². The molecule has 4 rings (SSSR count). The predicted octanol–water partition coefficient (Wildman–Crippen LogP) is 4.40. The summed E-state index contributed by atoms with van der Waals surface area (Å²) in [5.74, 6) is 0.942. The minimum Gasteiger partial charge on any atom is -0.459 e. The van der Waals surface area contributed by atoms with E-state index >= 15 is 0 Å². The number of fused-ring (bicyclic) bond motifs is 1. The van der Waals surface area contributed by atoms with Crippen molar-refractivity contribution in [2.45, 2.75) is 19.6 Å². The third-order valence-electron chi connectivity index (χ3n) is 4.52. The molecule has 7 nitrogen and oxygen atoms in total. The number of rotatable bonds is 7. The van der Waals surface area contributed by atoms with Crippen LogP contribution in [0.5, 0.6) is 0 Å². The minimum absolute atomic E-state index is 0.154. The highest BCUT2D eigenvalue weighted by atomic mass is 35.5. The van der Waals surface area contributed by atoms with E-state index in [2.05, 4.69) is 16.9 Å². The number of halogens is 1. The van der Waals surface area contributed by atoms with Crippen molar-refractivity contribution in [2.75, 3.05) is 0 Å². The van der Waals surface area contributed by atoms with Gasteiger partial charge in [-0.25, -0.2) is 4.98 Å². The first-order chi connectivity index (χ1) is 15.0. The molecule has 3 heterocycles. The fourth-order valence-corrected chi connectivity index (χ4v) is 4.45. The number of amides is 1. The second-order valence-electron chi connectivity index (χ2n) is 6.65. The number of hydrogen-bond acceptors (Lipinski definition) is 6. The van der Waals surface area contributed by atoms with Crippen molar-refractivity contribution in [1.82, 2.24) is 19.4 Å². The Labute approximate surface area is 191 Å². The van der Waals surface area contributed by atoms with Crippen LogP contribution < -0.4 is 10.9 Å². The summed E-state index contributed by atoms with van der Waals surface area (Å²) in [4.78, 5) is 29.4. The van der Waals surface area contributed by atoms with Gasteiger partial charge in [-0.05, 0) is 48.6 Å². The van der Waals surface area contributed by atoms with Crippen molar-refractivity contribution in [3.63, 3.8) is 0 Å². The monoisotopic (exact) mass is 472 g/mol. The average Bonchev–Trinajstić information content (AvgIpc) is 3.35. The van der Waals surface area contributed by atoms with Crippen LogP contribution in [0.2, 0.25) is 5.02 Å². The summed E-state index contributed by atoms with van der Waals surface area (Å²) in [6.45, 7) is 4.21. The summed E-state index contributed by atoms with van der Waals surface area (Å²) < 4.78 is 9.73. The van der Waals surface area contributed by atoms with Crippen LogP contribution in [0.4, 0.5) is 0 Å². The van der Waals surface area contributed by atoms with E-state index in [4.69, 9.17) is 28.2 Å². The van der Waals surface area contributed by atoms with Gasteiger partial charge in [-0.2, -0.15) is 0 Å². The Kier molecular flexibility index (Phi) is 6.17. The SMILES string of the molecule is C=CCn1c(=S)sc2c(=O)n(CC(=O)NCc3ccc(-c4ccc(Cl)cc4)o3)cnc21. The first-order valence-electron chi connectivity index (χ1n) is 9.27. The molecular weight excluding hydrogens is 456 g/mol. The zero-order valence-corrected chi connectivity index (χ0v) is 18.6. The molecule has 3 aromatic heterocycles. The molecular formula is C21H17ClN4O3S2. The standard InChI is InChI=1S/C21H17ClN4O3S2/c1-2-9-26-19-18(31-21(26)30)20(28)25(12-24-19)11-17(27)23-10-15-7-8-16(29-15)13-3-5-14(22)6-4-13/h2-8,12H,1,9-11H2,(H,23,27). The molecule has 0 radical (unpaired) electrons. The molecule has 0 aliphatic heterocycles. The van der Waals surface area contributed by atoms with Crippen LogP contribution in [0.15, 0.2) is 64.6 Å². The maximum absolute atomic E-state index is 12.7. The van der Waals surface area contributed by atoms with Crippen LogP contribution in [-0.4, -0.2) is 20.0 Å². The van der Waals surface area contributed by atoms with Crippen molar-refractivity contribution in [1.29, 1.82) is 0 Å². The highest BCUT2D eigenvalue weighted by Crippen LogP contribution is 2.23. The molecule has 4 aromatic rings. The van der Waals surface area contributed by atoms with Gasteiger partial charge in [-0.15, -0.1) is 6.58 Å². The highest BCUT2D eigenvalue weighted by molar-refractivity contribution is 7.73. The molecule has 1 aromatic carbocycles. The normalized spacial score (nSPS) is 11.0. The zero-order chi connectivity index (χ0) is 22.0. The fraction of sp³-hybridized carbons (Fsp3) is 0.143. The Morgan fingerprint density at radius 1 is 1.29 bits per heavy atom. The van der Waals surface area contributed by atoms with Crippen molar-refractivity contribution in [3.05, 3.63) is 80.5 Å². The molecule has 0 aliphatic rings. The number of aromatic nitrogens is 3. The lowest BCUT2D eigenvalue weighted by molar-refractivity contribution is -0.121. The number of thiazole rings is 1. The summed E-state index contributed by atoms with van der Waals surface area (Å²) in [6.07, 6.45) is 3.05. The predicted molar refractivity (Wildman–Crippen MR) is 124 cm³/mol. The Balaban J connectivity index is 1.43. The Bertz CT molecular complexity index is 1380. The van der Waals surface area contributed by atoms with Gasteiger partial charge in [-0.1, -0.05) is 29.0 Å². The van der Waals surface area contributed by atoms with E-state index in [1.54, 1.807) is 28.8 Å². The van der Waals surface area contributed by atoms with Gasteiger partial charge in [0.2, 0.25) is 5.91 Å². The second kappa shape index (κ2) is 9.01. The smallest absolute Gasteiger partial charge is 0.273 e. The Morgan fingerprint density at radius 2 is 2.06 bits per heavy atom. The summed E-state index contributed by atoms with van der Waals surface area (Å²) in [5, 5.41) is 3.40. The van der Waals surface area contributed by atoms with Crippen LogP contribution in [0.1, 0.15) is 5.76 Å². The third kappa shape index (κ3) is 4.53. The average molecular weight is 473 g/mol. The van der Waals surface area contributed by atoms with E-state index in [9.17, 15) is 9.59 Å². The van der Waals surface area contributed by atoms with Crippen molar-refractivity contribution >= 4 is 51.4 Å². The van der Waals surface area contributed by atoms with Crippen LogP contribution in [0.3, 0.4) is 0 Å². The first-order valence-corrected chi connectivity index (χ1v) is 10.9. The van der Waals surface area contributed by atoms with Crippen LogP contribution in [0, 0.1) is 3.95 Å². The van der Waals surface area contributed by atoms with E-state index < -0.39 is 0 Å². The van der Waals surface area contributed by atoms with E-state index in [0.29, 0.717) is 37.4 Å². The number of allylic oxidation sites excluding steroid dienone is 1. The van der Waals surface area contributed by atoms with Gasteiger partial charge in [0.25, 0.3) is 5.56 Å². The molecule has 158 valence electrons. The molecule has 0 fully saturated rings. The van der Waals surface area contributed by atoms with Crippen LogP contribution >= 0.6 is 35.2 Å². The molecule has 31 heavy (non-hydrogen) atoms. The van der Waals surface area contributed by atoms with Gasteiger partial charge in [0.05, 0.1) is 6.54 Å². The van der Waals surface area contributed by atoms with E-state index in [0.717, 1.165) is 5.56 Å². The first kappa shape index (κ1) is 21.2. The molecule has 0 saturated heterocycles. The molecule has 0 atom stereocenters. The number of hydrogen-bond donors (Lipinski definition) is 1. The molecule has 1 N–H and O–H groups in total. The van der Waals surface area contributed by atoms with Crippen molar-refractivity contribution in [3.8, 4) is 11.3 Å². The minimum atomic E-state index is -0.332. The van der Waals surface area contributed by atoms with Crippen molar-refractivity contribution in [2.24, 2.45) is 0 Å². The topological polar surface area (TPSA) is 82.1 Å². The Morgan fingerprint density at radius 3 is 2.81 bits per heavy atom. The van der Waals surface area contributed by atoms with Gasteiger partial charge in [0, 0.05) is 17.1 Å². The summed E-state index contributed by atoms with van der Waals surface area (Å²) in [7, 11) is 0. The lowest BCUT2D eigenvalue weighted by Gasteiger charge is -2.06. The lowest BCUT2D eigenvalue weighted by Crippen LogP contribution is -2.32. The molecule has 0 spiro atoms. The lowest BCUT2D eigenvalue weighted by atomic mass is 10.2. The number of carbonyl (C=O) groups is 1. The third-order valence-corrected chi connectivity index (χ3v) is 6.20. The van der Waals surface area contributed by atoms with Gasteiger partial charge < -0.3 is 14.3 Å². The van der Waals surface area contributed by atoms with E-state index in [1.807, 2.05) is 18.2 Å². The maximum Gasteiger partial charge on any atom is 0.273 e. The fourth-order valence-electron chi connectivity index (χ4n) is 3.01. The number of furan rings is 1. The molecule has 1 amide bonds. The molecule has 0 unspecified atom stereocenters. The van der Waals surface area contributed by atoms with E-state index in [-0.39, 0.29) is 24.6 Å². The quantitative estimate of drug-likeness (QED) is 0.318. The number of benzene rings is 1. The number of nitrogens with one attached hydrogen (secondary N) is 1. The molecule has 0 saturated carbocycles. The number of nitrogens with zero attached hydrogens (tertiary/aromatic N) is 3. The molecule has 0 aliphatic carbocycles. The summed E-state index contributed by atoms with van der Waals surface area (Å²) >= 11 is 12.4. The van der Waals surface area contributed by atoms with Crippen molar-refractivity contribution < 1.29 is 9.21 Å². The largest absolute Gasteiger partial charge is 0.459 e. The maximum atomic E-state index is 12.7. The van der Waals surface area contributed by atoms with Crippen LogP contribution in [-0.2, 0) is 24.4 Å². The highest BCUT2D eigenvalue weighted by Gasteiger charge is 2.14. The van der Waals surface area contributed by atoms with E-state index in [1.165, 1.54) is 22.2 Å². The summed E-state index contributed by atoms with van der Waals surface area (Å²) in [6, 6.07) is 10.9. The van der Waals surface area contributed by atoms with Gasteiger partial charge >= 0.3 is 0 Å². The van der Waals surface area contributed by atoms with Gasteiger partial charge in [0.15, 0.2) is 9.60 Å². The number of carbonyl (C=O) groups excluding carboxylic acids is 1. The second-order valence-corrected chi connectivity index (χ2v) is 8.73. The van der Waals surface area contributed by atoms with Gasteiger partial charge in [-0.3, -0.25) is 14.2 Å². The molecule has 10 heteroatoms. The summed E-state index contributed by atoms with van der Waals surface area (Å²) in [5.41, 5.74) is 1.09.